The topological polar surface area (TPSA) is 70.5 Å². The van der Waals surface area contributed by atoms with Gasteiger partial charge in [-0.25, -0.2) is 9.13 Å². The van der Waals surface area contributed by atoms with Gasteiger partial charge in [0.25, 0.3) is 0 Å². The van der Waals surface area contributed by atoms with Crippen LogP contribution in [0.25, 0.3) is 22.3 Å². The van der Waals surface area contributed by atoms with Crippen LogP contribution in [0.4, 0.5) is 0 Å². The highest BCUT2D eigenvalue weighted by Gasteiger charge is 2.29. The molecule has 8 heteroatoms. The van der Waals surface area contributed by atoms with Crippen LogP contribution in [-0.2, 0) is 60.4 Å². The molecule has 0 aliphatic heterocycles. The van der Waals surface area contributed by atoms with Gasteiger partial charge in [0.15, 0.2) is 37.9 Å². The molecule has 0 saturated carbocycles. The molecule has 80 heavy (non-hydrogen) atoms. The summed E-state index contributed by atoms with van der Waals surface area (Å²) in [7, 11) is 3.68. The van der Waals surface area contributed by atoms with Gasteiger partial charge in [-0.1, -0.05) is 132 Å². The summed E-state index contributed by atoms with van der Waals surface area (Å²) in [6.45, 7) is 30.5. The summed E-state index contributed by atoms with van der Waals surface area (Å²) in [6.07, 6.45) is 20.2. The molecule has 0 amide bonds. The van der Waals surface area contributed by atoms with Gasteiger partial charge in [-0.3, -0.25) is 9.97 Å². The second-order valence-electron chi connectivity index (χ2n) is 26.1. The first-order valence-corrected chi connectivity index (χ1v) is 28.8. The van der Waals surface area contributed by atoms with Crippen LogP contribution in [-0.4, -0.2) is 37.4 Å². The van der Waals surface area contributed by atoms with Crippen molar-refractivity contribution in [2.24, 2.45) is 0 Å². The fraction of sp³-hybridized carbons (Fsp3) is 0.389. The molecular weight excluding hydrogens is 985 g/mol. The van der Waals surface area contributed by atoms with Crippen molar-refractivity contribution in [2.45, 2.75) is 156 Å². The normalized spacial score (nSPS) is 13.0. The van der Waals surface area contributed by atoms with E-state index in [4.69, 9.17) is 18.9 Å². The molecule has 0 N–H and O–H groups in total. The zero-order chi connectivity index (χ0) is 57.0. The van der Waals surface area contributed by atoms with E-state index in [0.29, 0.717) is 38.9 Å². The minimum atomic E-state index is -0.140. The predicted molar refractivity (Wildman–Crippen MR) is 325 cm³/mol. The van der Waals surface area contributed by atoms with E-state index in [1.165, 1.54) is 33.4 Å². The Hall–Kier alpha value is -7.32. The lowest BCUT2D eigenvalue weighted by atomic mass is 9.79. The molecule has 4 aromatic heterocycles. The van der Waals surface area contributed by atoms with Crippen LogP contribution < -0.4 is 28.1 Å². The van der Waals surface area contributed by atoms with E-state index in [1.807, 2.05) is 39.0 Å². The van der Waals surface area contributed by atoms with Crippen LogP contribution in [0.1, 0.15) is 163 Å². The van der Waals surface area contributed by atoms with E-state index >= 15 is 0 Å². The van der Waals surface area contributed by atoms with Crippen molar-refractivity contribution in [3.8, 4) is 45.3 Å². The third kappa shape index (κ3) is 13.6. The smallest absolute Gasteiger partial charge is 0.169 e. The maximum atomic E-state index is 7.25. The summed E-state index contributed by atoms with van der Waals surface area (Å²) in [6, 6.07) is 36.1. The second kappa shape index (κ2) is 23.8. The number of benzene rings is 4. The van der Waals surface area contributed by atoms with Crippen LogP contribution in [0.2, 0.25) is 0 Å². The van der Waals surface area contributed by atoms with Crippen molar-refractivity contribution < 1.29 is 28.1 Å². The summed E-state index contributed by atoms with van der Waals surface area (Å²) in [4.78, 5) is 8.42. The van der Waals surface area contributed by atoms with Crippen LogP contribution >= 0.6 is 0 Å². The van der Waals surface area contributed by atoms with Crippen LogP contribution in [0, 0.1) is 0 Å². The van der Waals surface area contributed by atoms with Crippen molar-refractivity contribution in [3.63, 3.8) is 0 Å². The average molecular weight is 1070 g/mol. The van der Waals surface area contributed by atoms with E-state index < -0.39 is 0 Å². The lowest BCUT2D eigenvalue weighted by Gasteiger charge is -2.29. The highest BCUT2D eigenvalue weighted by molar-refractivity contribution is 5.63. The maximum Gasteiger partial charge on any atom is 0.169 e. The van der Waals surface area contributed by atoms with E-state index in [0.717, 1.165) is 105 Å². The number of nitrogens with zero attached hydrogens (tertiary/aromatic N) is 4. The van der Waals surface area contributed by atoms with E-state index in [9.17, 15) is 0 Å². The molecule has 8 aromatic rings. The van der Waals surface area contributed by atoms with Crippen molar-refractivity contribution >= 4 is 0 Å². The van der Waals surface area contributed by atoms with Gasteiger partial charge in [-0.15, -0.1) is 0 Å². The van der Waals surface area contributed by atoms with E-state index in [2.05, 4.69) is 224 Å². The standard InChI is InChI=1S/C72H86N4O4/c1-69(2,3)61-41-53-37-57-45-63(71(7,8)9)47-59(67(57)79-35-15-29-75-31-21-51(22-32-75)49-17-25-73-26-18-49)39-55-43-62(70(4,5)6)44-56(66(55)78-14)40-60-48-64(72(10,11)12)46-58(38-54(42-61)65(53)77-13)68(60)80-36-16-30-76-33-23-52(24-34-76)50-19-27-74-28-20-50/h17-28,31-34,41-48H,15-16,29-30,35-40H2,1-14H3/q+2. The first-order valence-electron chi connectivity index (χ1n) is 28.8. The predicted octanol–water partition coefficient (Wildman–Crippen LogP) is 15.2. The monoisotopic (exact) mass is 1070 g/mol. The van der Waals surface area contributed by atoms with Gasteiger partial charge in [-0.2, -0.15) is 0 Å². The Morgan fingerprint density at radius 2 is 0.588 bits per heavy atom. The lowest BCUT2D eigenvalue weighted by molar-refractivity contribution is -0.697. The first-order chi connectivity index (χ1) is 38.0. The number of methoxy groups -OCH3 is 2. The van der Waals surface area contributed by atoms with Gasteiger partial charge in [0.1, 0.15) is 23.0 Å². The Morgan fingerprint density at radius 3 is 0.825 bits per heavy atom. The number of aryl methyl sites for hydroxylation is 2. The Morgan fingerprint density at radius 1 is 0.350 bits per heavy atom. The van der Waals surface area contributed by atoms with Crippen LogP contribution in [0.5, 0.6) is 23.0 Å². The average Bonchev–Trinajstić information content (AvgIpc) is 3.41. The minimum Gasteiger partial charge on any atom is -0.496 e. The highest BCUT2D eigenvalue weighted by Crippen LogP contribution is 2.44. The molecule has 4 heterocycles. The zero-order valence-corrected chi connectivity index (χ0v) is 50.3. The van der Waals surface area contributed by atoms with Gasteiger partial charge in [0.2, 0.25) is 0 Å². The quantitative estimate of drug-likeness (QED) is 0.0798. The molecule has 0 unspecified atom stereocenters. The SMILES string of the molecule is COc1c2cc(C(C)(C)C)cc1Cc1cc(C(C)(C)C)cc(c1OCCC[n+]1ccc(-c3ccncc3)cc1)Cc1cc(C(C)(C)C)cc(c1OC)Cc1cc(C(C)(C)C)cc(c1OCCC[n+]1ccc(-c3ccncc3)cc1)C2. The number of aromatic nitrogens is 4. The molecular formula is C72H86N4O4+2. The summed E-state index contributed by atoms with van der Waals surface area (Å²) < 4.78 is 32.4. The Balaban J connectivity index is 1.17. The second-order valence-corrected chi connectivity index (χ2v) is 26.1. The van der Waals surface area contributed by atoms with Gasteiger partial charge >= 0.3 is 0 Å². The molecule has 0 radical (unpaired) electrons. The van der Waals surface area contributed by atoms with Crippen molar-refractivity contribution in [1.29, 1.82) is 0 Å². The molecule has 1 aliphatic carbocycles. The number of rotatable bonds is 14. The minimum absolute atomic E-state index is 0.138. The number of hydrogen-bond donors (Lipinski definition) is 0. The number of ether oxygens (including phenoxy) is 4. The van der Waals surface area contributed by atoms with Gasteiger partial charge in [0, 0.05) is 87.6 Å². The molecule has 9 rings (SSSR count). The van der Waals surface area contributed by atoms with E-state index in [-0.39, 0.29) is 21.7 Å². The Kier molecular flexibility index (Phi) is 17.1. The first kappa shape index (κ1) is 57.4. The molecule has 0 atom stereocenters. The zero-order valence-electron chi connectivity index (χ0n) is 50.3. The van der Waals surface area contributed by atoms with Crippen LogP contribution in [0.15, 0.2) is 147 Å². The van der Waals surface area contributed by atoms with E-state index in [1.54, 1.807) is 0 Å². The molecule has 416 valence electrons. The van der Waals surface area contributed by atoms with Gasteiger partial charge in [0.05, 0.1) is 27.4 Å². The van der Waals surface area contributed by atoms with Crippen molar-refractivity contribution in [1.82, 2.24) is 9.97 Å². The number of hydrogen-bond acceptors (Lipinski definition) is 6. The van der Waals surface area contributed by atoms with Crippen molar-refractivity contribution in [2.75, 3.05) is 27.4 Å². The Labute approximate surface area is 478 Å². The Bertz CT molecular complexity index is 3090. The largest absolute Gasteiger partial charge is 0.496 e. The lowest BCUT2D eigenvalue weighted by Crippen LogP contribution is -2.33. The summed E-state index contributed by atoms with van der Waals surface area (Å²) >= 11 is 0. The highest BCUT2D eigenvalue weighted by atomic mass is 16.5. The molecule has 0 fully saturated rings. The van der Waals surface area contributed by atoms with Crippen LogP contribution in [0.3, 0.4) is 0 Å². The fourth-order valence-electron chi connectivity index (χ4n) is 11.0. The third-order valence-electron chi connectivity index (χ3n) is 15.8. The molecule has 1 aliphatic rings. The summed E-state index contributed by atoms with van der Waals surface area (Å²) in [5.41, 5.74) is 18.4. The van der Waals surface area contributed by atoms with Crippen molar-refractivity contribution in [3.05, 3.63) is 213 Å². The van der Waals surface area contributed by atoms with Gasteiger partial charge in [-0.05, 0) is 135 Å². The number of fused-ring (bicyclic) bond motifs is 8. The molecule has 4 aromatic carbocycles. The molecule has 0 saturated heterocycles. The molecule has 8 bridgehead atoms. The van der Waals surface area contributed by atoms with Gasteiger partial charge < -0.3 is 18.9 Å². The molecule has 8 nitrogen and oxygen atoms in total. The summed E-state index contributed by atoms with van der Waals surface area (Å²) in [5, 5.41) is 0. The third-order valence-corrected chi connectivity index (χ3v) is 15.8. The number of pyridine rings is 4. The molecule has 0 spiro atoms. The maximum absolute atomic E-state index is 7.25. The summed E-state index contributed by atoms with van der Waals surface area (Å²) in [5.74, 6) is 3.70. The fourth-order valence-corrected chi connectivity index (χ4v) is 11.0.